The summed E-state index contributed by atoms with van der Waals surface area (Å²) in [6.45, 7) is 2.74. The van der Waals surface area contributed by atoms with Crippen molar-refractivity contribution in [3.8, 4) is 11.4 Å². The molecule has 1 aromatic carbocycles. The molecule has 1 heterocycles. The van der Waals surface area contributed by atoms with Gasteiger partial charge in [-0.1, -0.05) is 11.6 Å². The predicted molar refractivity (Wildman–Crippen MR) is 66.6 cm³/mol. The van der Waals surface area contributed by atoms with Crippen molar-refractivity contribution in [2.24, 2.45) is 0 Å². The van der Waals surface area contributed by atoms with Gasteiger partial charge in [-0.15, -0.1) is 0 Å². The first-order valence-corrected chi connectivity index (χ1v) is 5.60. The number of rotatable bonds is 3. The van der Waals surface area contributed by atoms with Crippen LogP contribution in [-0.4, -0.2) is 16.5 Å². The summed E-state index contributed by atoms with van der Waals surface area (Å²) in [6, 6.07) is 6.00. The van der Waals surface area contributed by atoms with Crippen molar-refractivity contribution in [2.45, 2.75) is 6.92 Å². The van der Waals surface area contributed by atoms with Gasteiger partial charge in [0.1, 0.15) is 11.6 Å². The van der Waals surface area contributed by atoms with Crippen molar-refractivity contribution < 1.29 is 4.39 Å². The highest BCUT2D eigenvalue weighted by Gasteiger charge is 2.05. The Balaban J connectivity index is 2.41. The number of nitrogens with one attached hydrogen (secondary N) is 1. The summed E-state index contributed by atoms with van der Waals surface area (Å²) in [7, 11) is 0. The summed E-state index contributed by atoms with van der Waals surface area (Å²) < 4.78 is 13.2. The van der Waals surface area contributed by atoms with Gasteiger partial charge in [0, 0.05) is 23.3 Å². The lowest BCUT2D eigenvalue weighted by Crippen LogP contribution is -2.00. The second kappa shape index (κ2) is 5.10. The van der Waals surface area contributed by atoms with Crippen LogP contribution in [0.2, 0.25) is 5.02 Å². The third-order valence-corrected chi connectivity index (χ3v) is 2.35. The van der Waals surface area contributed by atoms with Crippen LogP contribution in [0.3, 0.4) is 0 Å². The largest absolute Gasteiger partial charge is 0.370 e. The second-order valence-electron chi connectivity index (χ2n) is 3.45. The molecule has 0 amide bonds. The highest BCUT2D eigenvalue weighted by atomic mass is 35.5. The first kappa shape index (κ1) is 11.8. The lowest BCUT2D eigenvalue weighted by Gasteiger charge is -2.05. The molecule has 0 bridgehead atoms. The van der Waals surface area contributed by atoms with Gasteiger partial charge < -0.3 is 5.32 Å². The molecule has 0 aliphatic rings. The Labute approximate surface area is 104 Å². The number of hydrogen-bond acceptors (Lipinski definition) is 3. The first-order valence-electron chi connectivity index (χ1n) is 5.22. The Kier molecular flexibility index (Phi) is 3.54. The summed E-state index contributed by atoms with van der Waals surface area (Å²) in [5.41, 5.74) is 0.565. The summed E-state index contributed by atoms with van der Waals surface area (Å²) in [5, 5.41) is 3.40. The monoisotopic (exact) mass is 251 g/mol. The Morgan fingerprint density at radius 3 is 2.88 bits per heavy atom. The summed E-state index contributed by atoms with van der Waals surface area (Å²) in [6.07, 6.45) is 1.62. The van der Waals surface area contributed by atoms with E-state index in [9.17, 15) is 4.39 Å². The molecule has 88 valence electrons. The van der Waals surface area contributed by atoms with Crippen LogP contribution in [-0.2, 0) is 0 Å². The topological polar surface area (TPSA) is 37.8 Å². The van der Waals surface area contributed by atoms with E-state index >= 15 is 0 Å². The van der Waals surface area contributed by atoms with E-state index in [4.69, 9.17) is 11.6 Å². The molecule has 17 heavy (non-hydrogen) atoms. The molecule has 0 radical (unpaired) electrons. The van der Waals surface area contributed by atoms with Crippen LogP contribution in [0.4, 0.5) is 10.2 Å². The summed E-state index contributed by atoms with van der Waals surface area (Å²) in [5.74, 6) is 0.757. The molecule has 0 spiro atoms. The number of halogens is 2. The van der Waals surface area contributed by atoms with Gasteiger partial charge in [-0.2, -0.15) is 0 Å². The lowest BCUT2D eigenvalue weighted by molar-refractivity contribution is 0.628. The second-order valence-corrected chi connectivity index (χ2v) is 3.89. The van der Waals surface area contributed by atoms with Crippen LogP contribution in [0.5, 0.6) is 0 Å². The molecule has 0 aliphatic carbocycles. The maximum atomic E-state index is 13.2. The van der Waals surface area contributed by atoms with Crippen molar-refractivity contribution in [1.29, 1.82) is 0 Å². The SMILES string of the molecule is CCNc1ccnc(-c2cc(F)cc(Cl)c2)n1. The molecule has 5 heteroatoms. The number of nitrogens with zero attached hydrogens (tertiary/aromatic N) is 2. The maximum absolute atomic E-state index is 13.2. The Morgan fingerprint density at radius 1 is 1.35 bits per heavy atom. The van der Waals surface area contributed by atoms with Crippen LogP contribution in [0.25, 0.3) is 11.4 Å². The number of hydrogen-bond donors (Lipinski definition) is 1. The Hall–Kier alpha value is -1.68. The fraction of sp³-hybridized carbons (Fsp3) is 0.167. The third kappa shape index (κ3) is 2.91. The normalized spacial score (nSPS) is 10.3. The Bertz CT molecular complexity index is 511. The standard InChI is InChI=1S/C12H11ClFN3/c1-2-15-11-3-4-16-12(17-11)8-5-9(13)7-10(14)6-8/h3-7H,2H2,1H3,(H,15,16,17). The van der Waals surface area contributed by atoms with Crippen molar-refractivity contribution in [1.82, 2.24) is 9.97 Å². The lowest BCUT2D eigenvalue weighted by atomic mass is 10.2. The quantitative estimate of drug-likeness (QED) is 0.909. The molecule has 3 nitrogen and oxygen atoms in total. The van der Waals surface area contributed by atoms with E-state index in [1.54, 1.807) is 18.3 Å². The zero-order chi connectivity index (χ0) is 12.3. The summed E-state index contributed by atoms with van der Waals surface area (Å²) >= 11 is 5.79. The molecule has 2 rings (SSSR count). The minimum absolute atomic E-state index is 0.331. The van der Waals surface area contributed by atoms with Crippen LogP contribution in [0.1, 0.15) is 6.92 Å². The molecular formula is C12H11ClFN3. The molecular weight excluding hydrogens is 241 g/mol. The van der Waals surface area contributed by atoms with Gasteiger partial charge in [-0.25, -0.2) is 14.4 Å². The van der Waals surface area contributed by atoms with Gasteiger partial charge in [0.2, 0.25) is 0 Å². The van der Waals surface area contributed by atoms with E-state index in [0.29, 0.717) is 22.2 Å². The van der Waals surface area contributed by atoms with Gasteiger partial charge in [-0.05, 0) is 31.2 Å². The average molecular weight is 252 g/mol. The van der Waals surface area contributed by atoms with E-state index in [-0.39, 0.29) is 0 Å². The smallest absolute Gasteiger partial charge is 0.161 e. The van der Waals surface area contributed by atoms with Gasteiger partial charge in [0.25, 0.3) is 0 Å². The predicted octanol–water partition coefficient (Wildman–Crippen LogP) is 3.37. The molecule has 0 fully saturated rings. The molecule has 0 saturated heterocycles. The molecule has 0 unspecified atom stereocenters. The van der Waals surface area contributed by atoms with E-state index in [2.05, 4.69) is 15.3 Å². The van der Waals surface area contributed by atoms with E-state index in [1.807, 2.05) is 6.92 Å². The van der Waals surface area contributed by atoms with Crippen molar-refractivity contribution >= 4 is 17.4 Å². The average Bonchev–Trinajstić information content (AvgIpc) is 2.28. The molecule has 0 aliphatic heterocycles. The molecule has 1 N–H and O–H groups in total. The van der Waals surface area contributed by atoms with Crippen LogP contribution < -0.4 is 5.32 Å². The van der Waals surface area contributed by atoms with E-state index < -0.39 is 5.82 Å². The highest BCUT2D eigenvalue weighted by molar-refractivity contribution is 6.30. The Morgan fingerprint density at radius 2 is 2.18 bits per heavy atom. The fourth-order valence-corrected chi connectivity index (χ4v) is 1.68. The molecule has 0 atom stereocenters. The van der Waals surface area contributed by atoms with Crippen LogP contribution in [0, 0.1) is 5.82 Å². The fourth-order valence-electron chi connectivity index (χ4n) is 1.46. The van der Waals surface area contributed by atoms with Crippen LogP contribution in [0.15, 0.2) is 30.5 Å². The zero-order valence-electron chi connectivity index (χ0n) is 9.24. The number of aromatic nitrogens is 2. The molecule has 2 aromatic rings. The first-order chi connectivity index (χ1) is 8.19. The van der Waals surface area contributed by atoms with Gasteiger partial charge in [0.15, 0.2) is 5.82 Å². The molecule has 0 saturated carbocycles. The van der Waals surface area contributed by atoms with E-state index in [1.165, 1.54) is 12.1 Å². The minimum Gasteiger partial charge on any atom is -0.370 e. The van der Waals surface area contributed by atoms with Gasteiger partial charge in [-0.3, -0.25) is 0 Å². The maximum Gasteiger partial charge on any atom is 0.161 e. The van der Waals surface area contributed by atoms with Crippen LogP contribution >= 0.6 is 11.6 Å². The summed E-state index contributed by atoms with van der Waals surface area (Å²) in [4.78, 5) is 8.37. The van der Waals surface area contributed by atoms with Gasteiger partial charge in [0.05, 0.1) is 0 Å². The van der Waals surface area contributed by atoms with Gasteiger partial charge >= 0.3 is 0 Å². The highest BCUT2D eigenvalue weighted by Crippen LogP contribution is 2.22. The van der Waals surface area contributed by atoms with Crippen molar-refractivity contribution in [3.05, 3.63) is 41.3 Å². The zero-order valence-corrected chi connectivity index (χ0v) is 10.0. The minimum atomic E-state index is -0.398. The van der Waals surface area contributed by atoms with E-state index in [0.717, 1.165) is 6.54 Å². The van der Waals surface area contributed by atoms with Crippen molar-refractivity contribution in [3.63, 3.8) is 0 Å². The molecule has 1 aromatic heterocycles. The van der Waals surface area contributed by atoms with Crippen molar-refractivity contribution in [2.75, 3.05) is 11.9 Å². The number of benzene rings is 1. The number of anilines is 1. The third-order valence-electron chi connectivity index (χ3n) is 2.13.